The second-order valence-electron chi connectivity index (χ2n) is 2.75. The molecule has 0 radical (unpaired) electrons. The van der Waals surface area contributed by atoms with Crippen molar-refractivity contribution >= 4 is 17.4 Å². The van der Waals surface area contributed by atoms with Gasteiger partial charge in [0.25, 0.3) is 0 Å². The zero-order chi connectivity index (χ0) is 11.4. The molecule has 0 amide bonds. The van der Waals surface area contributed by atoms with Gasteiger partial charge in [-0.05, 0) is 12.0 Å². The molecule has 78 valence electrons. The Hall–Kier alpha value is -2.19. The highest BCUT2D eigenvalue weighted by molar-refractivity contribution is 6.30. The topological polar surface area (TPSA) is 77.6 Å². The first kappa shape index (κ1) is 10.3. The van der Waals surface area contributed by atoms with Crippen LogP contribution in [0.1, 0.15) is 11.4 Å². The van der Waals surface area contributed by atoms with Crippen LogP contribution in [0.15, 0.2) is 24.8 Å². The van der Waals surface area contributed by atoms with Crippen molar-refractivity contribution in [1.29, 1.82) is 0 Å². The highest BCUT2D eigenvalue weighted by atomic mass is 35.5. The van der Waals surface area contributed by atoms with Crippen LogP contribution in [0, 0.1) is 11.8 Å². The summed E-state index contributed by atoms with van der Waals surface area (Å²) in [6.07, 6.45) is 4.48. The maximum atomic E-state index is 5.82. The molecule has 0 aliphatic rings. The molecule has 2 heterocycles. The standard InChI is InChI=1S/C10H6ClN5/c11-9-7(10(12)16-6-15-9)2-3-8-13-4-1-5-14-8/h1,4-6H,(H2,12,15,16). The van der Waals surface area contributed by atoms with Crippen LogP contribution in [0.25, 0.3) is 0 Å². The van der Waals surface area contributed by atoms with Gasteiger partial charge in [-0.25, -0.2) is 19.9 Å². The van der Waals surface area contributed by atoms with Crippen LogP contribution in [-0.2, 0) is 0 Å². The van der Waals surface area contributed by atoms with E-state index in [2.05, 4.69) is 31.8 Å². The maximum Gasteiger partial charge on any atom is 0.205 e. The van der Waals surface area contributed by atoms with E-state index in [-0.39, 0.29) is 11.0 Å². The molecule has 2 aromatic heterocycles. The number of nitrogens with two attached hydrogens (primary N) is 1. The van der Waals surface area contributed by atoms with E-state index in [4.69, 9.17) is 17.3 Å². The summed E-state index contributed by atoms with van der Waals surface area (Å²) in [4.78, 5) is 15.5. The molecule has 0 aliphatic heterocycles. The quantitative estimate of drug-likeness (QED) is 0.539. The first-order chi connectivity index (χ1) is 7.77. The third-order valence-corrected chi connectivity index (χ3v) is 1.98. The van der Waals surface area contributed by atoms with Crippen LogP contribution in [0.4, 0.5) is 5.82 Å². The Labute approximate surface area is 96.7 Å². The number of hydrogen-bond donors (Lipinski definition) is 1. The molecule has 0 saturated heterocycles. The molecule has 5 nitrogen and oxygen atoms in total. The molecule has 2 aromatic rings. The fourth-order valence-corrected chi connectivity index (χ4v) is 1.16. The summed E-state index contributed by atoms with van der Waals surface area (Å²) in [5.74, 6) is 6.10. The summed E-state index contributed by atoms with van der Waals surface area (Å²) >= 11 is 5.82. The molecular formula is C10H6ClN5. The van der Waals surface area contributed by atoms with Crippen LogP contribution in [-0.4, -0.2) is 19.9 Å². The Kier molecular flexibility index (Phi) is 2.94. The van der Waals surface area contributed by atoms with Crippen molar-refractivity contribution in [3.63, 3.8) is 0 Å². The summed E-state index contributed by atoms with van der Waals surface area (Å²) < 4.78 is 0. The minimum atomic E-state index is 0.218. The number of anilines is 1. The van der Waals surface area contributed by atoms with Gasteiger partial charge >= 0.3 is 0 Å². The molecule has 6 heteroatoms. The van der Waals surface area contributed by atoms with Crippen molar-refractivity contribution in [2.24, 2.45) is 0 Å². The molecule has 0 saturated carbocycles. The molecule has 0 atom stereocenters. The normalized spacial score (nSPS) is 9.31. The van der Waals surface area contributed by atoms with Crippen molar-refractivity contribution in [2.75, 3.05) is 5.73 Å². The van der Waals surface area contributed by atoms with Crippen LogP contribution < -0.4 is 5.73 Å². The summed E-state index contributed by atoms with van der Waals surface area (Å²) in [5, 5.41) is 0.218. The largest absolute Gasteiger partial charge is 0.383 e. The predicted octanol–water partition coefficient (Wildman–Crippen LogP) is 0.902. The van der Waals surface area contributed by atoms with E-state index < -0.39 is 0 Å². The lowest BCUT2D eigenvalue weighted by molar-refractivity contribution is 1.13. The molecule has 0 spiro atoms. The molecule has 2 N–H and O–H groups in total. The number of halogens is 1. The first-order valence-corrected chi connectivity index (χ1v) is 4.70. The minimum Gasteiger partial charge on any atom is -0.383 e. The van der Waals surface area contributed by atoms with E-state index in [0.29, 0.717) is 11.4 Å². The third kappa shape index (κ3) is 2.24. The summed E-state index contributed by atoms with van der Waals surface area (Å²) in [6.45, 7) is 0. The van der Waals surface area contributed by atoms with Crippen molar-refractivity contribution in [1.82, 2.24) is 19.9 Å². The molecule has 0 bridgehead atoms. The smallest absolute Gasteiger partial charge is 0.205 e. The second kappa shape index (κ2) is 4.55. The Morgan fingerprint density at radius 3 is 2.50 bits per heavy atom. The maximum absolute atomic E-state index is 5.82. The molecule has 0 aliphatic carbocycles. The zero-order valence-electron chi connectivity index (χ0n) is 8.05. The third-order valence-electron chi connectivity index (χ3n) is 1.70. The van der Waals surface area contributed by atoms with E-state index in [0.717, 1.165) is 0 Å². The summed E-state index contributed by atoms with van der Waals surface area (Å²) in [5.41, 5.74) is 5.99. The summed E-state index contributed by atoms with van der Waals surface area (Å²) in [6, 6.07) is 1.71. The van der Waals surface area contributed by atoms with E-state index in [9.17, 15) is 0 Å². The Balaban J connectivity index is 2.39. The molecule has 0 unspecified atom stereocenters. The van der Waals surface area contributed by atoms with Crippen molar-refractivity contribution in [3.8, 4) is 11.8 Å². The number of hydrogen-bond acceptors (Lipinski definition) is 5. The fraction of sp³-hybridized carbons (Fsp3) is 0. The van der Waals surface area contributed by atoms with Gasteiger partial charge in [0.05, 0.1) is 0 Å². The highest BCUT2D eigenvalue weighted by Gasteiger charge is 2.03. The predicted molar refractivity (Wildman–Crippen MR) is 59.5 cm³/mol. The van der Waals surface area contributed by atoms with Crippen molar-refractivity contribution in [2.45, 2.75) is 0 Å². The number of nitrogens with zero attached hydrogens (tertiary/aromatic N) is 4. The minimum absolute atomic E-state index is 0.218. The highest BCUT2D eigenvalue weighted by Crippen LogP contribution is 2.15. The Bertz CT molecular complexity index is 538. The van der Waals surface area contributed by atoms with E-state index in [1.165, 1.54) is 6.33 Å². The van der Waals surface area contributed by atoms with Crippen molar-refractivity contribution < 1.29 is 0 Å². The van der Waals surface area contributed by atoms with Crippen LogP contribution in [0.5, 0.6) is 0 Å². The SMILES string of the molecule is Nc1ncnc(Cl)c1C#Cc1ncccn1. The lowest BCUT2D eigenvalue weighted by atomic mass is 10.3. The van der Waals surface area contributed by atoms with Crippen LogP contribution >= 0.6 is 11.6 Å². The molecule has 0 aromatic carbocycles. The van der Waals surface area contributed by atoms with Gasteiger partial charge in [-0.2, -0.15) is 0 Å². The average molecular weight is 232 g/mol. The summed E-state index contributed by atoms with van der Waals surface area (Å²) in [7, 11) is 0. The van der Waals surface area contributed by atoms with Gasteiger partial charge in [0.15, 0.2) is 0 Å². The van der Waals surface area contributed by atoms with E-state index in [1.54, 1.807) is 18.5 Å². The van der Waals surface area contributed by atoms with Gasteiger partial charge in [0, 0.05) is 12.4 Å². The van der Waals surface area contributed by atoms with E-state index in [1.807, 2.05) is 0 Å². The molecular weight excluding hydrogens is 226 g/mol. The molecule has 2 rings (SSSR count). The Morgan fingerprint density at radius 2 is 1.81 bits per heavy atom. The van der Waals surface area contributed by atoms with Gasteiger partial charge in [-0.15, -0.1) is 0 Å². The molecule has 0 fully saturated rings. The monoisotopic (exact) mass is 231 g/mol. The van der Waals surface area contributed by atoms with Crippen LogP contribution in [0.3, 0.4) is 0 Å². The van der Waals surface area contributed by atoms with Gasteiger partial charge in [-0.1, -0.05) is 17.5 Å². The molecule has 16 heavy (non-hydrogen) atoms. The fourth-order valence-electron chi connectivity index (χ4n) is 0.974. The lowest BCUT2D eigenvalue weighted by Crippen LogP contribution is -1.97. The first-order valence-electron chi connectivity index (χ1n) is 4.32. The Morgan fingerprint density at radius 1 is 1.06 bits per heavy atom. The van der Waals surface area contributed by atoms with Crippen LogP contribution in [0.2, 0.25) is 5.15 Å². The number of rotatable bonds is 0. The van der Waals surface area contributed by atoms with Gasteiger partial charge in [0.2, 0.25) is 5.82 Å². The number of aromatic nitrogens is 4. The van der Waals surface area contributed by atoms with Crippen molar-refractivity contribution in [3.05, 3.63) is 41.3 Å². The lowest BCUT2D eigenvalue weighted by Gasteiger charge is -1.96. The van der Waals surface area contributed by atoms with Gasteiger partial charge < -0.3 is 5.73 Å². The van der Waals surface area contributed by atoms with Gasteiger partial charge in [0.1, 0.15) is 22.9 Å². The number of nitrogen functional groups attached to an aromatic ring is 1. The zero-order valence-corrected chi connectivity index (χ0v) is 8.81. The average Bonchev–Trinajstić information content (AvgIpc) is 2.30. The van der Waals surface area contributed by atoms with E-state index >= 15 is 0 Å². The van der Waals surface area contributed by atoms with Gasteiger partial charge in [-0.3, -0.25) is 0 Å². The second-order valence-corrected chi connectivity index (χ2v) is 3.11.